The molecule has 3 heteroatoms. The molecule has 1 aromatic rings. The molecule has 0 unspecified atom stereocenters. The highest BCUT2D eigenvalue weighted by molar-refractivity contribution is 5.00. The van der Waals surface area contributed by atoms with Crippen LogP contribution in [0.25, 0.3) is 0 Å². The number of rotatable bonds is 2. The van der Waals surface area contributed by atoms with Gasteiger partial charge in [0.15, 0.2) is 0 Å². The van der Waals surface area contributed by atoms with Crippen molar-refractivity contribution in [2.75, 3.05) is 26.2 Å². The molecule has 0 saturated carbocycles. The molecular formula is C11H16N2O. The zero-order valence-electron chi connectivity index (χ0n) is 8.28. The highest BCUT2D eigenvalue weighted by Gasteiger charge is 2.35. The Bertz CT molecular complexity index is 284. The zero-order valence-corrected chi connectivity index (χ0v) is 8.28. The van der Waals surface area contributed by atoms with E-state index in [1.165, 1.54) is 26.2 Å². The van der Waals surface area contributed by atoms with E-state index < -0.39 is 0 Å². The molecule has 0 spiro atoms. The Hall–Kier alpha value is -0.800. The molecule has 2 aliphatic rings. The summed E-state index contributed by atoms with van der Waals surface area (Å²) in [7, 11) is 0. The fraction of sp³-hybridized carbons (Fsp3) is 0.636. The minimum atomic E-state index is 0.880. The molecule has 3 rings (SSSR count). The van der Waals surface area contributed by atoms with Crippen LogP contribution in [0.1, 0.15) is 5.76 Å². The minimum Gasteiger partial charge on any atom is -0.468 e. The van der Waals surface area contributed by atoms with Crippen molar-refractivity contribution in [1.29, 1.82) is 0 Å². The molecule has 0 aromatic carbocycles. The molecule has 2 aliphatic heterocycles. The highest BCUT2D eigenvalue weighted by Crippen LogP contribution is 2.27. The summed E-state index contributed by atoms with van der Waals surface area (Å²) in [6, 6.07) is 4.03. The first-order valence-corrected chi connectivity index (χ1v) is 5.37. The van der Waals surface area contributed by atoms with Crippen molar-refractivity contribution in [3.63, 3.8) is 0 Å². The average molecular weight is 192 g/mol. The standard InChI is InChI=1S/C11H16N2O/c1-2-11(14-3-1)8-13-6-9-4-12-5-10(9)7-13/h1-3,9-10,12H,4-8H2/t9-,10+. The van der Waals surface area contributed by atoms with Crippen LogP contribution < -0.4 is 5.32 Å². The maximum Gasteiger partial charge on any atom is 0.117 e. The summed E-state index contributed by atoms with van der Waals surface area (Å²) in [5.74, 6) is 2.85. The number of hydrogen-bond donors (Lipinski definition) is 1. The summed E-state index contributed by atoms with van der Waals surface area (Å²) in [6.07, 6.45) is 1.76. The van der Waals surface area contributed by atoms with Gasteiger partial charge in [-0.05, 0) is 37.1 Å². The van der Waals surface area contributed by atoms with Gasteiger partial charge < -0.3 is 9.73 Å². The first kappa shape index (κ1) is 8.50. The fourth-order valence-corrected chi connectivity index (χ4v) is 2.70. The lowest BCUT2D eigenvalue weighted by atomic mass is 10.0. The molecule has 3 nitrogen and oxygen atoms in total. The van der Waals surface area contributed by atoms with Crippen LogP contribution in [0.15, 0.2) is 22.8 Å². The lowest BCUT2D eigenvalue weighted by Gasteiger charge is -2.14. The van der Waals surface area contributed by atoms with Gasteiger partial charge in [0, 0.05) is 13.1 Å². The lowest BCUT2D eigenvalue weighted by molar-refractivity contribution is 0.278. The molecule has 2 atom stereocenters. The van der Waals surface area contributed by atoms with Crippen LogP contribution in [-0.4, -0.2) is 31.1 Å². The number of nitrogens with one attached hydrogen (secondary N) is 1. The third-order valence-electron chi connectivity index (χ3n) is 3.42. The summed E-state index contributed by atoms with van der Waals surface area (Å²) in [5.41, 5.74) is 0. The van der Waals surface area contributed by atoms with Crippen LogP contribution in [0.2, 0.25) is 0 Å². The summed E-state index contributed by atoms with van der Waals surface area (Å²) >= 11 is 0. The maximum absolute atomic E-state index is 5.36. The van der Waals surface area contributed by atoms with E-state index in [-0.39, 0.29) is 0 Å². The quantitative estimate of drug-likeness (QED) is 0.755. The van der Waals surface area contributed by atoms with E-state index in [0.29, 0.717) is 0 Å². The van der Waals surface area contributed by atoms with E-state index in [2.05, 4.69) is 16.3 Å². The van der Waals surface area contributed by atoms with Crippen molar-refractivity contribution in [1.82, 2.24) is 10.2 Å². The topological polar surface area (TPSA) is 28.4 Å². The predicted molar refractivity (Wildman–Crippen MR) is 53.8 cm³/mol. The van der Waals surface area contributed by atoms with E-state index in [1.54, 1.807) is 6.26 Å². The molecule has 2 saturated heterocycles. The molecule has 14 heavy (non-hydrogen) atoms. The molecule has 0 aliphatic carbocycles. The van der Waals surface area contributed by atoms with Gasteiger partial charge in [0.2, 0.25) is 0 Å². The molecule has 0 radical (unpaired) electrons. The molecular weight excluding hydrogens is 176 g/mol. The fourth-order valence-electron chi connectivity index (χ4n) is 2.70. The number of fused-ring (bicyclic) bond motifs is 1. The smallest absolute Gasteiger partial charge is 0.117 e. The number of nitrogens with zero attached hydrogens (tertiary/aromatic N) is 1. The van der Waals surface area contributed by atoms with Gasteiger partial charge in [-0.25, -0.2) is 0 Å². The summed E-state index contributed by atoms with van der Waals surface area (Å²) in [5, 5.41) is 3.45. The molecule has 2 fully saturated rings. The van der Waals surface area contributed by atoms with Crippen molar-refractivity contribution in [2.24, 2.45) is 11.8 Å². The van der Waals surface area contributed by atoms with Crippen LogP contribution in [0.4, 0.5) is 0 Å². The van der Waals surface area contributed by atoms with Gasteiger partial charge in [-0.3, -0.25) is 4.90 Å². The number of hydrogen-bond acceptors (Lipinski definition) is 3. The van der Waals surface area contributed by atoms with Gasteiger partial charge in [0.1, 0.15) is 5.76 Å². The van der Waals surface area contributed by atoms with Crippen molar-refractivity contribution < 1.29 is 4.42 Å². The van der Waals surface area contributed by atoms with Crippen LogP contribution in [0.5, 0.6) is 0 Å². The third kappa shape index (κ3) is 1.47. The van der Waals surface area contributed by atoms with Gasteiger partial charge in [-0.1, -0.05) is 0 Å². The first-order chi connectivity index (χ1) is 6.92. The van der Waals surface area contributed by atoms with Gasteiger partial charge in [-0.15, -0.1) is 0 Å². The SMILES string of the molecule is c1coc(CN2C[C@H]3CNC[C@H]3C2)c1. The van der Waals surface area contributed by atoms with Crippen LogP contribution in [-0.2, 0) is 6.54 Å². The summed E-state index contributed by atoms with van der Waals surface area (Å²) in [4.78, 5) is 2.51. The predicted octanol–water partition coefficient (Wildman–Crippen LogP) is 0.931. The molecule has 1 aromatic heterocycles. The largest absolute Gasteiger partial charge is 0.468 e. The van der Waals surface area contributed by atoms with E-state index in [1.807, 2.05) is 6.07 Å². The average Bonchev–Trinajstić information content (AvgIpc) is 2.78. The monoisotopic (exact) mass is 192 g/mol. The Labute approximate surface area is 84.1 Å². The second-order valence-electron chi connectivity index (χ2n) is 4.45. The summed E-state index contributed by atoms with van der Waals surface area (Å²) in [6.45, 7) is 5.87. The van der Waals surface area contributed by atoms with Gasteiger partial charge in [-0.2, -0.15) is 0 Å². The Balaban J connectivity index is 1.61. The number of furan rings is 1. The van der Waals surface area contributed by atoms with E-state index in [9.17, 15) is 0 Å². The molecule has 0 bridgehead atoms. The molecule has 1 N–H and O–H groups in total. The zero-order chi connectivity index (χ0) is 9.38. The highest BCUT2D eigenvalue weighted by atomic mass is 16.3. The second-order valence-corrected chi connectivity index (χ2v) is 4.45. The Morgan fingerprint density at radius 2 is 2.14 bits per heavy atom. The van der Waals surface area contributed by atoms with E-state index in [4.69, 9.17) is 4.42 Å². The number of likely N-dealkylation sites (tertiary alicyclic amines) is 1. The third-order valence-corrected chi connectivity index (χ3v) is 3.42. The molecule has 76 valence electrons. The normalized spacial score (nSPS) is 32.3. The van der Waals surface area contributed by atoms with Gasteiger partial charge in [0.25, 0.3) is 0 Å². The maximum atomic E-state index is 5.36. The van der Waals surface area contributed by atoms with Crippen molar-refractivity contribution >= 4 is 0 Å². The van der Waals surface area contributed by atoms with Gasteiger partial charge in [0.05, 0.1) is 12.8 Å². The van der Waals surface area contributed by atoms with Crippen molar-refractivity contribution in [3.8, 4) is 0 Å². The summed E-state index contributed by atoms with van der Waals surface area (Å²) < 4.78 is 5.36. The second kappa shape index (κ2) is 3.41. The van der Waals surface area contributed by atoms with E-state index in [0.717, 1.165) is 24.1 Å². The van der Waals surface area contributed by atoms with Crippen LogP contribution >= 0.6 is 0 Å². The van der Waals surface area contributed by atoms with E-state index >= 15 is 0 Å². The Kier molecular flexibility index (Phi) is 2.07. The molecule has 0 amide bonds. The van der Waals surface area contributed by atoms with Gasteiger partial charge >= 0.3 is 0 Å². The Morgan fingerprint density at radius 1 is 1.36 bits per heavy atom. The Morgan fingerprint density at radius 3 is 2.79 bits per heavy atom. The molecule has 3 heterocycles. The minimum absolute atomic E-state index is 0.880. The van der Waals surface area contributed by atoms with Crippen LogP contribution in [0, 0.1) is 11.8 Å². The van der Waals surface area contributed by atoms with Crippen molar-refractivity contribution in [3.05, 3.63) is 24.2 Å². The first-order valence-electron chi connectivity index (χ1n) is 5.37. The van der Waals surface area contributed by atoms with Crippen LogP contribution in [0.3, 0.4) is 0 Å². The van der Waals surface area contributed by atoms with Crippen molar-refractivity contribution in [2.45, 2.75) is 6.54 Å². The lowest BCUT2D eigenvalue weighted by Crippen LogP contribution is -2.25.